The van der Waals surface area contributed by atoms with Crippen LogP contribution in [-0.4, -0.2) is 21.0 Å². The van der Waals surface area contributed by atoms with Crippen molar-refractivity contribution in [3.05, 3.63) is 52.2 Å². The normalized spacial score (nSPS) is 9.89. The number of nitrogens with zero attached hydrogens (tertiary/aromatic N) is 3. The van der Waals surface area contributed by atoms with Crippen LogP contribution in [0, 0.1) is 15.5 Å². The van der Waals surface area contributed by atoms with Crippen molar-refractivity contribution in [3.8, 4) is 11.6 Å². The van der Waals surface area contributed by atoms with Crippen LogP contribution in [0.1, 0.15) is 5.56 Å². The highest BCUT2D eigenvalue weighted by Crippen LogP contribution is 2.25. The molecule has 0 aliphatic rings. The first-order valence-corrected chi connectivity index (χ1v) is 5.16. The molecule has 8 nitrogen and oxygen atoms in total. The summed E-state index contributed by atoms with van der Waals surface area (Å²) in [7, 11) is 0. The number of nitrogens with one attached hydrogen (secondary N) is 1. The number of non-ortho nitro benzene ring substituents is 1. The highest BCUT2D eigenvalue weighted by Gasteiger charge is 2.12. The molecular weight excluding hydrogens is 250 g/mol. The molecule has 0 radical (unpaired) electrons. The van der Waals surface area contributed by atoms with Crippen LogP contribution in [-0.2, 0) is 0 Å². The smallest absolute Gasteiger partial charge is 0.273 e. The van der Waals surface area contributed by atoms with Gasteiger partial charge in [-0.05, 0) is 12.1 Å². The summed E-state index contributed by atoms with van der Waals surface area (Å²) >= 11 is 0. The van der Waals surface area contributed by atoms with Gasteiger partial charge in [0.2, 0.25) is 5.88 Å². The number of amidine groups is 1. The molecule has 0 saturated heterocycles. The number of ether oxygens (including phenoxy) is 1. The van der Waals surface area contributed by atoms with E-state index in [1.165, 1.54) is 36.5 Å². The third kappa shape index (κ3) is 2.80. The molecule has 96 valence electrons. The Bertz CT molecular complexity index is 644. The average molecular weight is 259 g/mol. The van der Waals surface area contributed by atoms with Gasteiger partial charge in [0.15, 0.2) is 0 Å². The van der Waals surface area contributed by atoms with E-state index >= 15 is 0 Å². The summed E-state index contributed by atoms with van der Waals surface area (Å²) in [6.45, 7) is 0. The molecule has 0 aliphatic carbocycles. The molecule has 1 heterocycles. The van der Waals surface area contributed by atoms with E-state index in [0.29, 0.717) is 0 Å². The maximum absolute atomic E-state index is 10.6. The molecule has 0 aliphatic heterocycles. The first kappa shape index (κ1) is 12.4. The van der Waals surface area contributed by atoms with E-state index < -0.39 is 4.92 Å². The number of nitro groups is 1. The maximum Gasteiger partial charge on any atom is 0.273 e. The predicted molar refractivity (Wildman–Crippen MR) is 66.2 cm³/mol. The third-order valence-corrected chi connectivity index (χ3v) is 2.22. The Balaban J connectivity index is 2.34. The Morgan fingerprint density at radius 1 is 1.42 bits per heavy atom. The molecule has 0 unspecified atom stereocenters. The van der Waals surface area contributed by atoms with E-state index in [1.807, 2.05) is 0 Å². The van der Waals surface area contributed by atoms with Gasteiger partial charge in [-0.1, -0.05) is 6.07 Å². The second kappa shape index (κ2) is 5.08. The van der Waals surface area contributed by atoms with Gasteiger partial charge in [0.05, 0.1) is 22.7 Å². The first-order valence-electron chi connectivity index (χ1n) is 5.16. The topological polar surface area (TPSA) is 128 Å². The van der Waals surface area contributed by atoms with Gasteiger partial charge in [-0.3, -0.25) is 15.5 Å². The fourth-order valence-corrected chi connectivity index (χ4v) is 1.37. The largest absolute Gasteiger partial charge is 0.437 e. The number of hydrogen-bond donors (Lipinski definition) is 2. The minimum absolute atomic E-state index is 0.0236. The summed E-state index contributed by atoms with van der Waals surface area (Å²) in [4.78, 5) is 10.1. The SMILES string of the molecule is N=C(N)c1ccnnc1Oc1cccc([N+](=O)[O-])c1. The predicted octanol–water partition coefficient (Wildman–Crippen LogP) is 1.46. The highest BCUT2D eigenvalue weighted by molar-refractivity contribution is 5.96. The van der Waals surface area contributed by atoms with E-state index in [1.54, 1.807) is 0 Å². The molecule has 8 heteroatoms. The summed E-state index contributed by atoms with van der Waals surface area (Å²) < 4.78 is 5.36. The number of rotatable bonds is 4. The molecule has 1 aromatic carbocycles. The van der Waals surface area contributed by atoms with Crippen molar-refractivity contribution >= 4 is 11.5 Å². The monoisotopic (exact) mass is 259 g/mol. The Morgan fingerprint density at radius 3 is 2.89 bits per heavy atom. The Hall–Kier alpha value is -3.03. The second-order valence-corrected chi connectivity index (χ2v) is 3.52. The molecule has 0 atom stereocenters. The summed E-state index contributed by atoms with van der Waals surface area (Å²) in [5, 5.41) is 25.4. The van der Waals surface area contributed by atoms with Gasteiger partial charge in [0.1, 0.15) is 11.6 Å². The number of aromatic nitrogens is 2. The Morgan fingerprint density at radius 2 is 2.21 bits per heavy atom. The summed E-state index contributed by atoms with van der Waals surface area (Å²) in [5.41, 5.74) is 5.53. The lowest BCUT2D eigenvalue weighted by Gasteiger charge is -2.07. The number of hydrogen-bond acceptors (Lipinski definition) is 6. The van der Waals surface area contributed by atoms with Gasteiger partial charge < -0.3 is 10.5 Å². The number of benzene rings is 1. The van der Waals surface area contributed by atoms with E-state index in [0.717, 1.165) is 0 Å². The summed E-state index contributed by atoms with van der Waals surface area (Å²) in [6.07, 6.45) is 1.37. The van der Waals surface area contributed by atoms with E-state index in [-0.39, 0.29) is 28.7 Å². The number of nitrogen functional groups attached to an aromatic ring is 1. The van der Waals surface area contributed by atoms with Crippen molar-refractivity contribution in [1.82, 2.24) is 10.2 Å². The van der Waals surface area contributed by atoms with E-state index in [2.05, 4.69) is 10.2 Å². The van der Waals surface area contributed by atoms with E-state index in [4.69, 9.17) is 15.9 Å². The minimum Gasteiger partial charge on any atom is -0.437 e. The lowest BCUT2D eigenvalue weighted by molar-refractivity contribution is -0.384. The third-order valence-electron chi connectivity index (χ3n) is 2.22. The van der Waals surface area contributed by atoms with Crippen LogP contribution in [0.2, 0.25) is 0 Å². The van der Waals surface area contributed by atoms with Gasteiger partial charge in [-0.2, -0.15) is 5.10 Å². The lowest BCUT2D eigenvalue weighted by Crippen LogP contribution is -2.13. The molecule has 1 aromatic heterocycles. The molecule has 0 amide bonds. The fourth-order valence-electron chi connectivity index (χ4n) is 1.37. The Kier molecular flexibility index (Phi) is 3.33. The molecule has 2 aromatic rings. The number of nitro benzene ring substituents is 1. The van der Waals surface area contributed by atoms with Crippen molar-refractivity contribution in [2.75, 3.05) is 0 Å². The van der Waals surface area contributed by atoms with Crippen LogP contribution in [0.25, 0.3) is 0 Å². The standard InChI is InChI=1S/C11H9N5O3/c12-10(13)9-4-5-14-15-11(9)19-8-3-1-2-7(6-8)16(17)18/h1-6H,(H3,12,13). The van der Waals surface area contributed by atoms with Crippen molar-refractivity contribution in [2.24, 2.45) is 5.73 Å². The van der Waals surface area contributed by atoms with E-state index in [9.17, 15) is 10.1 Å². The van der Waals surface area contributed by atoms with Gasteiger partial charge in [-0.15, -0.1) is 5.10 Å². The zero-order valence-electron chi connectivity index (χ0n) is 9.61. The molecule has 0 fully saturated rings. The van der Waals surface area contributed by atoms with Crippen LogP contribution in [0.5, 0.6) is 11.6 Å². The van der Waals surface area contributed by atoms with Crippen LogP contribution < -0.4 is 10.5 Å². The molecule has 0 bridgehead atoms. The second-order valence-electron chi connectivity index (χ2n) is 3.52. The van der Waals surface area contributed by atoms with Gasteiger partial charge >= 0.3 is 0 Å². The zero-order valence-corrected chi connectivity index (χ0v) is 9.61. The quantitative estimate of drug-likeness (QED) is 0.370. The molecule has 3 N–H and O–H groups in total. The van der Waals surface area contributed by atoms with Crippen LogP contribution >= 0.6 is 0 Å². The zero-order chi connectivity index (χ0) is 13.8. The molecule has 0 spiro atoms. The van der Waals surface area contributed by atoms with Crippen molar-refractivity contribution in [1.29, 1.82) is 5.41 Å². The average Bonchev–Trinajstić information content (AvgIpc) is 2.39. The molecule has 2 rings (SSSR count). The van der Waals surface area contributed by atoms with Crippen LogP contribution in [0.3, 0.4) is 0 Å². The fraction of sp³-hybridized carbons (Fsp3) is 0. The first-order chi connectivity index (χ1) is 9.08. The lowest BCUT2D eigenvalue weighted by atomic mass is 10.2. The van der Waals surface area contributed by atoms with Gasteiger partial charge in [-0.25, -0.2) is 0 Å². The number of nitrogens with two attached hydrogens (primary N) is 1. The van der Waals surface area contributed by atoms with Gasteiger partial charge in [0, 0.05) is 6.07 Å². The summed E-state index contributed by atoms with van der Waals surface area (Å²) in [6, 6.07) is 7.08. The molecule has 19 heavy (non-hydrogen) atoms. The van der Waals surface area contributed by atoms with Crippen LogP contribution in [0.4, 0.5) is 5.69 Å². The highest BCUT2D eigenvalue weighted by atomic mass is 16.6. The van der Waals surface area contributed by atoms with Crippen LogP contribution in [0.15, 0.2) is 36.5 Å². The maximum atomic E-state index is 10.6. The molecule has 0 saturated carbocycles. The van der Waals surface area contributed by atoms with Crippen molar-refractivity contribution in [3.63, 3.8) is 0 Å². The molecular formula is C11H9N5O3. The summed E-state index contributed by atoms with van der Waals surface area (Å²) in [5.74, 6) is 0.0167. The minimum atomic E-state index is -0.532. The van der Waals surface area contributed by atoms with Crippen molar-refractivity contribution < 1.29 is 9.66 Å². The van der Waals surface area contributed by atoms with Gasteiger partial charge in [0.25, 0.3) is 5.69 Å². The van der Waals surface area contributed by atoms with Crippen molar-refractivity contribution in [2.45, 2.75) is 0 Å². The Labute approximate surface area is 107 Å².